The summed E-state index contributed by atoms with van der Waals surface area (Å²) >= 11 is 0. The molecule has 0 unspecified atom stereocenters. The number of anilines is 1. The Morgan fingerprint density at radius 1 is 1.03 bits per heavy atom. The fourth-order valence-electron chi connectivity index (χ4n) is 2.63. The molecule has 2 aromatic heterocycles. The van der Waals surface area contributed by atoms with Crippen LogP contribution in [0.3, 0.4) is 0 Å². The molecule has 0 fully saturated rings. The third-order valence-electron chi connectivity index (χ3n) is 4.16. The van der Waals surface area contributed by atoms with Gasteiger partial charge in [0, 0.05) is 35.3 Å². The third-order valence-corrected chi connectivity index (χ3v) is 4.16. The van der Waals surface area contributed by atoms with Gasteiger partial charge in [0.25, 0.3) is 11.8 Å². The number of pyridine rings is 2. The Bertz CT molecular complexity index is 1060. The molecule has 0 aliphatic carbocycles. The molecule has 0 radical (unpaired) electrons. The first-order valence-corrected chi connectivity index (χ1v) is 8.77. The van der Waals surface area contributed by atoms with Crippen molar-refractivity contribution in [2.24, 2.45) is 0 Å². The molecule has 1 aromatic carbocycles. The Kier molecular flexibility index (Phi) is 6.13. The minimum atomic E-state index is -0.644. The van der Waals surface area contributed by atoms with Crippen molar-refractivity contribution in [1.29, 1.82) is 0 Å². The van der Waals surface area contributed by atoms with Crippen molar-refractivity contribution < 1.29 is 18.7 Å². The van der Waals surface area contributed by atoms with Crippen molar-refractivity contribution >= 4 is 17.5 Å². The Morgan fingerprint density at radius 3 is 2.62 bits per heavy atom. The van der Waals surface area contributed by atoms with Gasteiger partial charge in [-0.3, -0.25) is 14.6 Å². The van der Waals surface area contributed by atoms with E-state index in [9.17, 15) is 14.0 Å². The minimum absolute atomic E-state index is 0.0844. The van der Waals surface area contributed by atoms with E-state index in [1.54, 1.807) is 12.3 Å². The summed E-state index contributed by atoms with van der Waals surface area (Å²) in [5, 5.41) is 5.28. The van der Waals surface area contributed by atoms with E-state index in [0.29, 0.717) is 0 Å². The number of carbonyl (C=O) groups excluding carboxylic acids is 2. The molecule has 0 atom stereocenters. The molecule has 0 saturated heterocycles. The second kappa shape index (κ2) is 8.92. The summed E-state index contributed by atoms with van der Waals surface area (Å²) in [5.74, 6) is -1.32. The molecule has 3 aromatic rings. The molecule has 2 heterocycles. The first-order chi connectivity index (χ1) is 14.0. The van der Waals surface area contributed by atoms with Crippen molar-refractivity contribution in [2.75, 3.05) is 12.4 Å². The number of nitrogens with zero attached hydrogens (tertiary/aromatic N) is 2. The van der Waals surface area contributed by atoms with Gasteiger partial charge in [-0.05, 0) is 42.8 Å². The average molecular weight is 394 g/mol. The van der Waals surface area contributed by atoms with Crippen LogP contribution in [0.2, 0.25) is 0 Å². The van der Waals surface area contributed by atoms with Gasteiger partial charge in [-0.25, -0.2) is 9.37 Å². The Balaban J connectivity index is 1.72. The highest BCUT2D eigenvalue weighted by molar-refractivity contribution is 6.05. The summed E-state index contributed by atoms with van der Waals surface area (Å²) in [4.78, 5) is 33.0. The highest BCUT2D eigenvalue weighted by atomic mass is 19.1. The molecule has 2 amide bonds. The van der Waals surface area contributed by atoms with Crippen molar-refractivity contribution in [3.8, 4) is 5.88 Å². The van der Waals surface area contributed by atoms with Crippen molar-refractivity contribution in [3.63, 3.8) is 0 Å². The first-order valence-electron chi connectivity index (χ1n) is 8.77. The van der Waals surface area contributed by atoms with Crippen molar-refractivity contribution in [3.05, 3.63) is 83.1 Å². The Hall–Kier alpha value is -3.81. The molecule has 0 aliphatic rings. The van der Waals surface area contributed by atoms with Crippen LogP contribution in [0.25, 0.3) is 0 Å². The van der Waals surface area contributed by atoms with Crippen LogP contribution in [-0.2, 0) is 6.54 Å². The van der Waals surface area contributed by atoms with Crippen LogP contribution in [0.15, 0.2) is 54.9 Å². The Morgan fingerprint density at radius 2 is 1.86 bits per heavy atom. The zero-order chi connectivity index (χ0) is 20.8. The van der Waals surface area contributed by atoms with Crippen LogP contribution < -0.4 is 15.4 Å². The standard InChI is InChI=1S/C21H19FN4O3/c1-13-4-3-6-23-18(13)12-25-20(27)15-8-16(22)11-17(9-15)26-21(28)14-5-7-24-19(10-14)29-2/h3-11H,12H2,1-2H3,(H,25,27)(H,26,28). The number of aromatic nitrogens is 2. The summed E-state index contributed by atoms with van der Waals surface area (Å²) in [6.45, 7) is 2.10. The monoisotopic (exact) mass is 394 g/mol. The predicted octanol–water partition coefficient (Wildman–Crippen LogP) is 3.12. The number of nitrogens with one attached hydrogen (secondary N) is 2. The number of carbonyl (C=O) groups is 2. The molecule has 148 valence electrons. The van der Waals surface area contributed by atoms with Gasteiger partial charge in [0.1, 0.15) is 5.82 Å². The topological polar surface area (TPSA) is 93.2 Å². The van der Waals surface area contributed by atoms with Gasteiger partial charge in [0.2, 0.25) is 5.88 Å². The summed E-state index contributed by atoms with van der Waals surface area (Å²) in [5.41, 5.74) is 2.19. The zero-order valence-corrected chi connectivity index (χ0v) is 15.9. The number of aryl methyl sites for hydroxylation is 1. The molecule has 0 aliphatic heterocycles. The number of hydrogen-bond acceptors (Lipinski definition) is 5. The van der Waals surface area contributed by atoms with Gasteiger partial charge in [0.05, 0.1) is 19.3 Å². The molecular weight excluding hydrogens is 375 g/mol. The van der Waals surface area contributed by atoms with E-state index >= 15 is 0 Å². The van der Waals surface area contributed by atoms with Crippen molar-refractivity contribution in [2.45, 2.75) is 13.5 Å². The van der Waals surface area contributed by atoms with E-state index in [1.165, 1.54) is 31.5 Å². The molecule has 29 heavy (non-hydrogen) atoms. The van der Waals surface area contributed by atoms with E-state index in [0.717, 1.165) is 23.4 Å². The van der Waals surface area contributed by atoms with E-state index in [4.69, 9.17) is 4.74 Å². The van der Waals surface area contributed by atoms with Gasteiger partial charge in [-0.1, -0.05) is 6.07 Å². The SMILES string of the molecule is COc1cc(C(=O)Nc2cc(F)cc(C(=O)NCc3ncccc3C)c2)ccn1. The second-order valence-electron chi connectivity index (χ2n) is 6.22. The number of hydrogen-bond donors (Lipinski definition) is 2. The summed E-state index contributed by atoms with van der Waals surface area (Å²) in [6, 6.07) is 10.3. The largest absolute Gasteiger partial charge is 0.481 e. The zero-order valence-electron chi connectivity index (χ0n) is 15.9. The first kappa shape index (κ1) is 19.9. The highest BCUT2D eigenvalue weighted by Crippen LogP contribution is 2.17. The molecular formula is C21H19FN4O3. The summed E-state index contributed by atoms with van der Waals surface area (Å²) in [7, 11) is 1.44. The van der Waals surface area contributed by atoms with Crippen molar-refractivity contribution in [1.82, 2.24) is 15.3 Å². The van der Waals surface area contributed by atoms with E-state index in [2.05, 4.69) is 20.6 Å². The number of amides is 2. The third kappa shape index (κ3) is 5.13. The van der Waals surface area contributed by atoms with Gasteiger partial charge < -0.3 is 15.4 Å². The van der Waals surface area contributed by atoms with Gasteiger partial charge in [-0.2, -0.15) is 0 Å². The van der Waals surface area contributed by atoms with Gasteiger partial charge in [-0.15, -0.1) is 0 Å². The fraction of sp³-hybridized carbons (Fsp3) is 0.143. The maximum Gasteiger partial charge on any atom is 0.255 e. The van der Waals surface area contributed by atoms with Crippen LogP contribution in [0.5, 0.6) is 5.88 Å². The quantitative estimate of drug-likeness (QED) is 0.670. The van der Waals surface area contributed by atoms with Crippen LogP contribution in [0.1, 0.15) is 32.0 Å². The normalized spacial score (nSPS) is 10.3. The van der Waals surface area contributed by atoms with Crippen LogP contribution in [-0.4, -0.2) is 28.9 Å². The summed E-state index contributed by atoms with van der Waals surface area (Å²) < 4.78 is 19.0. The smallest absolute Gasteiger partial charge is 0.255 e. The fourth-order valence-corrected chi connectivity index (χ4v) is 2.63. The number of rotatable bonds is 6. The van der Waals surface area contributed by atoms with E-state index < -0.39 is 17.6 Å². The van der Waals surface area contributed by atoms with Crippen LogP contribution in [0, 0.1) is 12.7 Å². The lowest BCUT2D eigenvalue weighted by Gasteiger charge is -2.10. The number of halogens is 1. The molecule has 2 N–H and O–H groups in total. The minimum Gasteiger partial charge on any atom is -0.481 e. The number of methoxy groups -OCH3 is 1. The van der Waals surface area contributed by atoms with Crippen LogP contribution in [0.4, 0.5) is 10.1 Å². The molecule has 0 bridgehead atoms. The Labute approximate surface area is 167 Å². The second-order valence-corrected chi connectivity index (χ2v) is 6.22. The molecule has 8 heteroatoms. The van der Waals surface area contributed by atoms with Crippen LogP contribution >= 0.6 is 0 Å². The number of ether oxygens (including phenoxy) is 1. The van der Waals surface area contributed by atoms with E-state index in [1.807, 2.05) is 13.0 Å². The highest BCUT2D eigenvalue weighted by Gasteiger charge is 2.13. The molecule has 0 spiro atoms. The van der Waals surface area contributed by atoms with Gasteiger partial charge >= 0.3 is 0 Å². The van der Waals surface area contributed by atoms with E-state index in [-0.39, 0.29) is 29.2 Å². The molecule has 3 rings (SSSR count). The lowest BCUT2D eigenvalue weighted by Crippen LogP contribution is -2.24. The lowest BCUT2D eigenvalue weighted by atomic mass is 10.1. The molecule has 7 nitrogen and oxygen atoms in total. The maximum atomic E-state index is 14.0. The predicted molar refractivity (Wildman–Crippen MR) is 105 cm³/mol. The maximum absolute atomic E-state index is 14.0. The summed E-state index contributed by atoms with van der Waals surface area (Å²) in [6.07, 6.45) is 3.07. The average Bonchev–Trinajstić information content (AvgIpc) is 2.72. The number of benzene rings is 1. The van der Waals surface area contributed by atoms with Gasteiger partial charge in [0.15, 0.2) is 0 Å². The molecule has 0 saturated carbocycles. The lowest BCUT2D eigenvalue weighted by molar-refractivity contribution is 0.0948.